The predicted molar refractivity (Wildman–Crippen MR) is 87.2 cm³/mol. The number of nitrogens with zero attached hydrogens (tertiary/aromatic N) is 3. The number of alkyl halides is 3. The molecule has 7 heteroatoms. The monoisotopic (exact) mass is 353 g/mol. The van der Waals surface area contributed by atoms with Crippen LogP contribution in [0, 0.1) is 0 Å². The summed E-state index contributed by atoms with van der Waals surface area (Å²) in [7, 11) is 0. The molecule has 1 saturated heterocycles. The molecule has 0 spiro atoms. The molecule has 0 radical (unpaired) electrons. The second-order valence-electron chi connectivity index (χ2n) is 6.48. The Balaban J connectivity index is 1.48. The molecule has 0 atom stereocenters. The van der Waals surface area contributed by atoms with Gasteiger partial charge in [0.05, 0.1) is 5.56 Å². The first-order valence-corrected chi connectivity index (χ1v) is 8.71. The van der Waals surface area contributed by atoms with Gasteiger partial charge in [-0.25, -0.2) is 0 Å². The molecule has 25 heavy (non-hydrogen) atoms. The standard InChI is InChI=1S/C18H22F3N3O/c19-18(20,21)15-8-6-14(7-9-15)13-16-22-17(25-23-16)5-4-12-24-10-2-1-3-11-24/h6-9H,1-5,10-13H2. The van der Waals surface area contributed by atoms with Gasteiger partial charge in [0.2, 0.25) is 5.89 Å². The number of hydrogen-bond donors (Lipinski definition) is 0. The molecule has 1 aliphatic heterocycles. The van der Waals surface area contributed by atoms with Crippen molar-refractivity contribution in [1.82, 2.24) is 15.0 Å². The fourth-order valence-electron chi connectivity index (χ4n) is 3.09. The largest absolute Gasteiger partial charge is 0.416 e. The predicted octanol–water partition coefficient (Wildman–Crippen LogP) is 4.10. The number of benzene rings is 1. The topological polar surface area (TPSA) is 42.2 Å². The Labute approximate surface area is 145 Å². The van der Waals surface area contributed by atoms with Crippen molar-refractivity contribution >= 4 is 0 Å². The molecule has 2 aromatic rings. The Morgan fingerprint density at radius 2 is 1.76 bits per heavy atom. The summed E-state index contributed by atoms with van der Waals surface area (Å²) in [5.41, 5.74) is 0.0800. The van der Waals surface area contributed by atoms with Gasteiger partial charge in [0, 0.05) is 12.8 Å². The van der Waals surface area contributed by atoms with Gasteiger partial charge >= 0.3 is 6.18 Å². The molecule has 1 aromatic heterocycles. The van der Waals surface area contributed by atoms with Crippen LogP contribution >= 0.6 is 0 Å². The molecule has 0 amide bonds. The number of aromatic nitrogens is 2. The summed E-state index contributed by atoms with van der Waals surface area (Å²) >= 11 is 0. The van der Waals surface area contributed by atoms with E-state index < -0.39 is 11.7 Å². The lowest BCUT2D eigenvalue weighted by molar-refractivity contribution is -0.137. The molecule has 1 aromatic carbocycles. The smallest absolute Gasteiger partial charge is 0.339 e. The summed E-state index contributed by atoms with van der Waals surface area (Å²) in [6.07, 6.45) is 1.64. The molecule has 4 nitrogen and oxygen atoms in total. The zero-order valence-electron chi connectivity index (χ0n) is 14.1. The van der Waals surface area contributed by atoms with Crippen molar-refractivity contribution < 1.29 is 17.7 Å². The van der Waals surface area contributed by atoms with Crippen LogP contribution in [0.3, 0.4) is 0 Å². The Morgan fingerprint density at radius 3 is 2.44 bits per heavy atom. The van der Waals surface area contributed by atoms with Crippen molar-refractivity contribution in [3.8, 4) is 0 Å². The molecule has 3 rings (SSSR count). The number of halogens is 3. The molecular weight excluding hydrogens is 331 g/mol. The second-order valence-corrected chi connectivity index (χ2v) is 6.48. The van der Waals surface area contributed by atoms with E-state index in [1.807, 2.05) is 0 Å². The Morgan fingerprint density at radius 1 is 1.04 bits per heavy atom. The molecule has 1 aliphatic rings. The van der Waals surface area contributed by atoms with Crippen LogP contribution in [0.1, 0.15) is 48.5 Å². The molecule has 0 aliphatic carbocycles. The Hall–Kier alpha value is -1.89. The van der Waals surface area contributed by atoms with Gasteiger partial charge in [0.15, 0.2) is 5.82 Å². The number of rotatable bonds is 6. The lowest BCUT2D eigenvalue weighted by Gasteiger charge is -2.25. The Bertz CT molecular complexity index is 661. The van der Waals surface area contributed by atoms with Gasteiger partial charge in [-0.15, -0.1) is 0 Å². The third-order valence-corrected chi connectivity index (χ3v) is 4.47. The average Bonchev–Trinajstić information content (AvgIpc) is 3.03. The minimum atomic E-state index is -4.31. The van der Waals surface area contributed by atoms with Crippen LogP contribution in [0.4, 0.5) is 13.2 Å². The van der Waals surface area contributed by atoms with Crippen LogP contribution in [0.25, 0.3) is 0 Å². The van der Waals surface area contributed by atoms with E-state index in [9.17, 15) is 13.2 Å². The van der Waals surface area contributed by atoms with E-state index in [0.717, 1.165) is 37.1 Å². The summed E-state index contributed by atoms with van der Waals surface area (Å²) in [5.74, 6) is 1.10. The lowest BCUT2D eigenvalue weighted by Crippen LogP contribution is -2.30. The average molecular weight is 353 g/mol. The third kappa shape index (κ3) is 5.29. The highest BCUT2D eigenvalue weighted by molar-refractivity contribution is 5.26. The second kappa shape index (κ2) is 7.99. The van der Waals surface area contributed by atoms with Gasteiger partial charge < -0.3 is 9.42 Å². The number of piperidine rings is 1. The molecule has 0 saturated carbocycles. The maximum atomic E-state index is 12.6. The fraction of sp³-hybridized carbons (Fsp3) is 0.556. The maximum Gasteiger partial charge on any atom is 0.416 e. The minimum Gasteiger partial charge on any atom is -0.339 e. The number of aryl methyl sites for hydroxylation is 1. The highest BCUT2D eigenvalue weighted by Gasteiger charge is 2.29. The van der Waals surface area contributed by atoms with Gasteiger partial charge in [-0.05, 0) is 56.6 Å². The summed E-state index contributed by atoms with van der Waals surface area (Å²) in [6, 6.07) is 5.06. The molecule has 0 bridgehead atoms. The van der Waals surface area contributed by atoms with Crippen molar-refractivity contribution in [1.29, 1.82) is 0 Å². The summed E-state index contributed by atoms with van der Waals surface area (Å²) in [6.45, 7) is 3.38. The summed E-state index contributed by atoms with van der Waals surface area (Å²) in [4.78, 5) is 6.80. The SMILES string of the molecule is FC(F)(F)c1ccc(Cc2noc(CCCN3CCCCC3)n2)cc1. The van der Waals surface area contributed by atoms with E-state index in [-0.39, 0.29) is 0 Å². The molecule has 0 unspecified atom stereocenters. The normalized spacial score (nSPS) is 16.3. The molecule has 2 heterocycles. The van der Waals surface area contributed by atoms with E-state index in [1.54, 1.807) is 0 Å². The highest BCUT2D eigenvalue weighted by Crippen LogP contribution is 2.29. The van der Waals surface area contributed by atoms with Crippen LogP contribution in [-0.4, -0.2) is 34.7 Å². The first kappa shape index (κ1) is 17.9. The van der Waals surface area contributed by atoms with Crippen molar-refractivity contribution in [2.75, 3.05) is 19.6 Å². The quantitative estimate of drug-likeness (QED) is 0.784. The molecule has 0 N–H and O–H groups in total. The van der Waals surface area contributed by atoms with Crippen LogP contribution < -0.4 is 0 Å². The first-order valence-electron chi connectivity index (χ1n) is 8.71. The van der Waals surface area contributed by atoms with Crippen LogP contribution in [0.15, 0.2) is 28.8 Å². The minimum absolute atomic E-state index is 0.369. The van der Waals surface area contributed by atoms with Gasteiger partial charge in [0.25, 0.3) is 0 Å². The van der Waals surface area contributed by atoms with Crippen molar-refractivity contribution in [2.45, 2.75) is 44.7 Å². The highest BCUT2D eigenvalue weighted by atomic mass is 19.4. The molecule has 136 valence electrons. The van der Waals surface area contributed by atoms with Crippen LogP contribution in [0.2, 0.25) is 0 Å². The van der Waals surface area contributed by atoms with Gasteiger partial charge in [0.1, 0.15) is 0 Å². The molecule has 1 fully saturated rings. The van der Waals surface area contributed by atoms with Crippen molar-refractivity contribution in [3.63, 3.8) is 0 Å². The van der Waals surface area contributed by atoms with Gasteiger partial charge in [-0.3, -0.25) is 0 Å². The van der Waals surface area contributed by atoms with Gasteiger partial charge in [-0.2, -0.15) is 18.2 Å². The number of hydrogen-bond acceptors (Lipinski definition) is 4. The van der Waals surface area contributed by atoms with Crippen molar-refractivity contribution in [3.05, 3.63) is 47.1 Å². The Kier molecular flexibility index (Phi) is 5.73. The van der Waals surface area contributed by atoms with E-state index in [1.165, 1.54) is 44.5 Å². The molecular formula is C18H22F3N3O. The third-order valence-electron chi connectivity index (χ3n) is 4.47. The van der Waals surface area contributed by atoms with E-state index in [4.69, 9.17) is 4.52 Å². The fourth-order valence-corrected chi connectivity index (χ4v) is 3.09. The summed E-state index contributed by atoms with van der Waals surface area (Å²) in [5, 5.41) is 3.93. The zero-order chi connectivity index (χ0) is 17.7. The van der Waals surface area contributed by atoms with E-state index in [0.29, 0.717) is 18.1 Å². The lowest BCUT2D eigenvalue weighted by atomic mass is 10.1. The zero-order valence-corrected chi connectivity index (χ0v) is 14.1. The van der Waals surface area contributed by atoms with Crippen LogP contribution in [-0.2, 0) is 19.0 Å². The van der Waals surface area contributed by atoms with E-state index in [2.05, 4.69) is 15.0 Å². The first-order chi connectivity index (χ1) is 12.0. The number of likely N-dealkylation sites (tertiary alicyclic amines) is 1. The maximum absolute atomic E-state index is 12.6. The van der Waals surface area contributed by atoms with E-state index >= 15 is 0 Å². The van der Waals surface area contributed by atoms with Gasteiger partial charge in [-0.1, -0.05) is 23.7 Å². The summed E-state index contributed by atoms with van der Waals surface area (Å²) < 4.78 is 42.9. The van der Waals surface area contributed by atoms with Crippen molar-refractivity contribution in [2.24, 2.45) is 0 Å². The van der Waals surface area contributed by atoms with Crippen LogP contribution in [0.5, 0.6) is 0 Å².